The molecule has 1 heterocycles. The molecule has 2 atom stereocenters. The zero-order chi connectivity index (χ0) is 8.27. The molecular formula is C7H11NO3. The van der Waals surface area contributed by atoms with E-state index in [1.807, 2.05) is 0 Å². The summed E-state index contributed by atoms with van der Waals surface area (Å²) in [6, 6.07) is -0.0103. The molecule has 0 aromatic carbocycles. The van der Waals surface area contributed by atoms with Crippen LogP contribution in [0.2, 0.25) is 0 Å². The topological polar surface area (TPSA) is 66.4 Å². The lowest BCUT2D eigenvalue weighted by molar-refractivity contribution is -0.132. The highest BCUT2D eigenvalue weighted by Gasteiger charge is 2.28. The molecule has 2 unspecified atom stereocenters. The Kier molecular flexibility index (Phi) is 2.73. The first kappa shape index (κ1) is 8.36. The van der Waals surface area contributed by atoms with Crippen molar-refractivity contribution < 1.29 is 14.7 Å². The number of aldehydes is 1. The Morgan fingerprint density at radius 3 is 2.91 bits per heavy atom. The van der Waals surface area contributed by atoms with Crippen molar-refractivity contribution in [2.75, 3.05) is 13.2 Å². The number of nitrogens with one attached hydrogen (secondary N) is 1. The second-order valence-corrected chi connectivity index (χ2v) is 2.74. The van der Waals surface area contributed by atoms with Crippen LogP contribution in [-0.4, -0.2) is 36.4 Å². The molecule has 4 heteroatoms. The van der Waals surface area contributed by atoms with Crippen LogP contribution in [0.4, 0.5) is 0 Å². The van der Waals surface area contributed by atoms with Gasteiger partial charge in [-0.25, -0.2) is 0 Å². The molecule has 11 heavy (non-hydrogen) atoms. The highest BCUT2D eigenvalue weighted by Crippen LogP contribution is 2.13. The first-order valence-corrected chi connectivity index (χ1v) is 3.61. The monoisotopic (exact) mass is 157 g/mol. The number of carbonyl (C=O) groups is 2. The van der Waals surface area contributed by atoms with Gasteiger partial charge in [0, 0.05) is 18.5 Å². The molecule has 0 amide bonds. The van der Waals surface area contributed by atoms with Gasteiger partial charge in [0.1, 0.15) is 0 Å². The maximum Gasteiger partial charge on any atom is 0.199 e. The van der Waals surface area contributed by atoms with Gasteiger partial charge in [-0.1, -0.05) is 0 Å². The largest absolute Gasteiger partial charge is 0.395 e. The number of ketones is 1. The smallest absolute Gasteiger partial charge is 0.199 e. The van der Waals surface area contributed by atoms with E-state index in [1.165, 1.54) is 0 Å². The van der Waals surface area contributed by atoms with Crippen LogP contribution in [0.1, 0.15) is 6.42 Å². The molecule has 62 valence electrons. The number of carbonyl (C=O) groups excluding carboxylic acids is 2. The van der Waals surface area contributed by atoms with E-state index in [0.717, 1.165) is 0 Å². The Bertz CT molecular complexity index is 169. The van der Waals surface area contributed by atoms with Crippen molar-refractivity contribution in [3.8, 4) is 0 Å². The third-order valence-corrected chi connectivity index (χ3v) is 1.96. The highest BCUT2D eigenvalue weighted by atomic mass is 16.3. The highest BCUT2D eigenvalue weighted by molar-refractivity contribution is 6.26. The van der Waals surface area contributed by atoms with E-state index in [2.05, 4.69) is 5.32 Å². The molecule has 0 aliphatic carbocycles. The van der Waals surface area contributed by atoms with E-state index in [4.69, 9.17) is 5.11 Å². The van der Waals surface area contributed by atoms with Gasteiger partial charge in [0.25, 0.3) is 0 Å². The summed E-state index contributed by atoms with van der Waals surface area (Å²) in [7, 11) is 0. The van der Waals surface area contributed by atoms with Crippen LogP contribution in [0.5, 0.6) is 0 Å². The molecular weight excluding hydrogens is 146 g/mol. The third-order valence-electron chi connectivity index (χ3n) is 1.96. The van der Waals surface area contributed by atoms with Gasteiger partial charge in [-0.2, -0.15) is 0 Å². The Labute approximate surface area is 64.6 Å². The van der Waals surface area contributed by atoms with Gasteiger partial charge in [0.05, 0.1) is 6.61 Å². The normalized spacial score (nSPS) is 30.3. The number of rotatable bonds is 3. The molecule has 0 aromatic heterocycles. The van der Waals surface area contributed by atoms with E-state index >= 15 is 0 Å². The molecule has 2 N–H and O–H groups in total. The first-order valence-electron chi connectivity index (χ1n) is 3.61. The maximum absolute atomic E-state index is 10.8. The molecule has 0 saturated carbocycles. The minimum Gasteiger partial charge on any atom is -0.395 e. The Morgan fingerprint density at radius 1 is 1.73 bits per heavy atom. The summed E-state index contributed by atoms with van der Waals surface area (Å²) in [5.74, 6) is -0.585. The summed E-state index contributed by atoms with van der Waals surface area (Å²) < 4.78 is 0. The van der Waals surface area contributed by atoms with E-state index in [1.54, 1.807) is 0 Å². The summed E-state index contributed by atoms with van der Waals surface area (Å²) in [5, 5.41) is 11.6. The second kappa shape index (κ2) is 3.59. The van der Waals surface area contributed by atoms with E-state index in [-0.39, 0.29) is 24.3 Å². The van der Waals surface area contributed by atoms with Crippen LogP contribution in [0, 0.1) is 5.92 Å². The number of Topliss-reactive ketones (excluding diaryl/α,β-unsaturated/α-hetero) is 1. The van der Waals surface area contributed by atoms with Crippen molar-refractivity contribution in [2.45, 2.75) is 12.5 Å². The Hall–Kier alpha value is -0.740. The lowest BCUT2D eigenvalue weighted by Crippen LogP contribution is -2.24. The number of aliphatic hydroxyl groups is 1. The standard InChI is InChI=1S/C7H11NO3/c9-3-6-1-5(2-8-6)7(11)4-10/h4-6,8-9H,1-3H2. The van der Waals surface area contributed by atoms with Crippen LogP contribution in [0.15, 0.2) is 0 Å². The van der Waals surface area contributed by atoms with Gasteiger partial charge in [0.2, 0.25) is 0 Å². The van der Waals surface area contributed by atoms with Crippen molar-refractivity contribution in [1.82, 2.24) is 5.32 Å². The van der Waals surface area contributed by atoms with Crippen molar-refractivity contribution in [1.29, 1.82) is 0 Å². The first-order chi connectivity index (χ1) is 5.27. The number of hydrogen-bond donors (Lipinski definition) is 2. The quantitative estimate of drug-likeness (QED) is 0.396. The molecule has 0 radical (unpaired) electrons. The van der Waals surface area contributed by atoms with Gasteiger partial charge in [-0.15, -0.1) is 0 Å². The lowest BCUT2D eigenvalue weighted by atomic mass is 10.0. The van der Waals surface area contributed by atoms with Gasteiger partial charge >= 0.3 is 0 Å². The molecule has 4 nitrogen and oxygen atoms in total. The minimum atomic E-state index is -0.367. The average molecular weight is 157 g/mol. The van der Waals surface area contributed by atoms with Crippen LogP contribution < -0.4 is 5.32 Å². The SMILES string of the molecule is O=CC(=O)C1CNC(CO)C1. The summed E-state index contributed by atoms with van der Waals surface area (Å²) in [6.07, 6.45) is 0.931. The number of hydrogen-bond acceptors (Lipinski definition) is 4. The van der Waals surface area contributed by atoms with Crippen molar-refractivity contribution in [3.05, 3.63) is 0 Å². The van der Waals surface area contributed by atoms with Crippen LogP contribution in [0.25, 0.3) is 0 Å². The molecule has 0 bridgehead atoms. The fourth-order valence-corrected chi connectivity index (χ4v) is 1.27. The predicted octanol–water partition coefficient (Wildman–Crippen LogP) is -1.28. The zero-order valence-corrected chi connectivity index (χ0v) is 6.12. The van der Waals surface area contributed by atoms with Crippen LogP contribution in [0.3, 0.4) is 0 Å². The lowest BCUT2D eigenvalue weighted by Gasteiger charge is -2.02. The molecule has 1 rings (SSSR count). The Morgan fingerprint density at radius 2 is 2.45 bits per heavy atom. The fourth-order valence-electron chi connectivity index (χ4n) is 1.27. The molecule has 1 aliphatic heterocycles. The summed E-state index contributed by atoms with van der Waals surface area (Å²) in [5.41, 5.74) is 0. The van der Waals surface area contributed by atoms with E-state index in [0.29, 0.717) is 19.3 Å². The summed E-state index contributed by atoms with van der Waals surface area (Å²) in [4.78, 5) is 20.8. The minimum absolute atomic E-state index is 0.0103. The molecule has 1 saturated heterocycles. The predicted molar refractivity (Wildman–Crippen MR) is 38.1 cm³/mol. The van der Waals surface area contributed by atoms with Crippen molar-refractivity contribution in [3.63, 3.8) is 0 Å². The van der Waals surface area contributed by atoms with Crippen LogP contribution in [-0.2, 0) is 9.59 Å². The zero-order valence-electron chi connectivity index (χ0n) is 6.12. The maximum atomic E-state index is 10.8. The molecule has 1 aliphatic rings. The number of aliphatic hydroxyl groups excluding tert-OH is 1. The van der Waals surface area contributed by atoms with Gasteiger partial charge in [-0.05, 0) is 6.42 Å². The molecule has 0 spiro atoms. The van der Waals surface area contributed by atoms with Gasteiger partial charge in [-0.3, -0.25) is 9.59 Å². The summed E-state index contributed by atoms with van der Waals surface area (Å²) in [6.45, 7) is 0.547. The van der Waals surface area contributed by atoms with Gasteiger partial charge in [0.15, 0.2) is 12.1 Å². The van der Waals surface area contributed by atoms with Crippen LogP contribution >= 0.6 is 0 Å². The van der Waals surface area contributed by atoms with E-state index < -0.39 is 0 Å². The van der Waals surface area contributed by atoms with Crippen molar-refractivity contribution in [2.24, 2.45) is 5.92 Å². The van der Waals surface area contributed by atoms with E-state index in [9.17, 15) is 9.59 Å². The second-order valence-electron chi connectivity index (χ2n) is 2.74. The Balaban J connectivity index is 2.41. The molecule has 1 fully saturated rings. The fraction of sp³-hybridized carbons (Fsp3) is 0.714. The third kappa shape index (κ3) is 1.85. The van der Waals surface area contributed by atoms with Crippen molar-refractivity contribution >= 4 is 12.1 Å². The molecule has 0 aromatic rings. The average Bonchev–Trinajstić information content (AvgIpc) is 2.50. The van der Waals surface area contributed by atoms with Gasteiger partial charge < -0.3 is 10.4 Å². The summed E-state index contributed by atoms with van der Waals surface area (Å²) >= 11 is 0.